The summed E-state index contributed by atoms with van der Waals surface area (Å²) in [5.41, 5.74) is 0.283. The average Bonchev–Trinajstić information content (AvgIpc) is 3.04. The van der Waals surface area contributed by atoms with E-state index in [1.807, 2.05) is 0 Å². The average molecular weight is 430 g/mol. The zero-order chi connectivity index (χ0) is 21.4. The van der Waals surface area contributed by atoms with Crippen molar-refractivity contribution in [1.29, 1.82) is 0 Å². The molecule has 0 amide bonds. The Labute approximate surface area is 188 Å². The quantitative estimate of drug-likeness (QED) is 0.514. The minimum absolute atomic E-state index is 0.283. The molecule has 1 aromatic heterocycles. The molecule has 0 spiro atoms. The highest BCUT2D eigenvalue weighted by atomic mass is 15.3. The smallest absolute Gasteiger partial charge is 0.191 e. The fraction of sp³-hybridized carbons (Fsp3) is 0.875. The van der Waals surface area contributed by atoms with Crippen LogP contribution in [0.4, 0.5) is 0 Å². The van der Waals surface area contributed by atoms with E-state index in [0.29, 0.717) is 0 Å². The Balaban J connectivity index is 1.36. The Morgan fingerprint density at radius 1 is 0.903 bits per heavy atom. The first-order valence-electron chi connectivity index (χ1n) is 13.0. The number of likely N-dealkylation sites (tertiary alicyclic amines) is 1. The summed E-state index contributed by atoms with van der Waals surface area (Å²) in [6, 6.07) is 0. The summed E-state index contributed by atoms with van der Waals surface area (Å²) in [5, 5.41) is 16.0. The molecule has 0 aromatic carbocycles. The summed E-state index contributed by atoms with van der Waals surface area (Å²) < 4.78 is 2.35. The van der Waals surface area contributed by atoms with Gasteiger partial charge in [-0.2, -0.15) is 0 Å². The van der Waals surface area contributed by atoms with Gasteiger partial charge in [-0.1, -0.05) is 32.1 Å². The van der Waals surface area contributed by atoms with Crippen molar-refractivity contribution < 1.29 is 0 Å². The SMILES string of the molecule is CCNC(=NCC1(N2CCCCC2)CCCCC1)NCCc1nnc2n1CCCCC2. The first-order valence-corrected chi connectivity index (χ1v) is 13.0. The molecule has 0 radical (unpaired) electrons. The van der Waals surface area contributed by atoms with Crippen LogP contribution in [0.3, 0.4) is 0 Å². The zero-order valence-electron chi connectivity index (χ0n) is 19.7. The van der Waals surface area contributed by atoms with Crippen LogP contribution in [-0.2, 0) is 19.4 Å². The van der Waals surface area contributed by atoms with Gasteiger partial charge in [-0.05, 0) is 58.5 Å². The van der Waals surface area contributed by atoms with Gasteiger partial charge in [-0.3, -0.25) is 9.89 Å². The third kappa shape index (κ3) is 5.79. The molecule has 2 N–H and O–H groups in total. The Hall–Kier alpha value is -1.63. The van der Waals surface area contributed by atoms with Crippen molar-refractivity contribution >= 4 is 5.96 Å². The summed E-state index contributed by atoms with van der Waals surface area (Å²) in [6.45, 7) is 8.40. The number of aromatic nitrogens is 3. The fourth-order valence-corrected chi connectivity index (χ4v) is 5.74. The molecule has 0 atom stereocenters. The monoisotopic (exact) mass is 429 g/mol. The number of hydrogen-bond donors (Lipinski definition) is 2. The predicted octanol–water partition coefficient (Wildman–Crippen LogP) is 3.29. The molecule has 7 nitrogen and oxygen atoms in total. The summed E-state index contributed by atoms with van der Waals surface area (Å²) in [4.78, 5) is 7.90. The van der Waals surface area contributed by atoms with Crippen LogP contribution in [0.5, 0.6) is 0 Å². The third-order valence-electron chi connectivity index (χ3n) is 7.51. The molecule has 2 fully saturated rings. The van der Waals surface area contributed by atoms with Crippen LogP contribution in [0.2, 0.25) is 0 Å². The highest BCUT2D eigenvalue weighted by Crippen LogP contribution is 2.35. The van der Waals surface area contributed by atoms with Crippen LogP contribution in [-0.4, -0.2) is 63.9 Å². The van der Waals surface area contributed by atoms with Crippen LogP contribution in [0, 0.1) is 0 Å². The lowest BCUT2D eigenvalue weighted by atomic mass is 9.79. The molecule has 1 aliphatic carbocycles. The van der Waals surface area contributed by atoms with Crippen LogP contribution in [0.1, 0.15) is 89.2 Å². The minimum atomic E-state index is 0.283. The molecule has 2 aliphatic heterocycles. The van der Waals surface area contributed by atoms with E-state index in [0.717, 1.165) is 50.8 Å². The molecule has 4 rings (SSSR count). The predicted molar refractivity (Wildman–Crippen MR) is 127 cm³/mol. The number of aliphatic imine (C=N–C) groups is 1. The maximum absolute atomic E-state index is 5.12. The molecule has 31 heavy (non-hydrogen) atoms. The van der Waals surface area contributed by atoms with Gasteiger partial charge in [-0.15, -0.1) is 10.2 Å². The Morgan fingerprint density at radius 2 is 1.65 bits per heavy atom. The lowest BCUT2D eigenvalue weighted by molar-refractivity contribution is 0.0407. The number of piperidine rings is 1. The van der Waals surface area contributed by atoms with Gasteiger partial charge in [0.15, 0.2) is 5.96 Å². The summed E-state index contributed by atoms with van der Waals surface area (Å²) in [5.74, 6) is 3.26. The van der Waals surface area contributed by atoms with Gasteiger partial charge in [0, 0.05) is 38.0 Å². The zero-order valence-corrected chi connectivity index (χ0v) is 19.7. The largest absolute Gasteiger partial charge is 0.357 e. The lowest BCUT2D eigenvalue weighted by Gasteiger charge is -2.47. The normalized spacial score (nSPS) is 22.5. The van der Waals surface area contributed by atoms with E-state index in [1.165, 1.54) is 89.5 Å². The number of rotatable bonds is 7. The van der Waals surface area contributed by atoms with Crippen molar-refractivity contribution in [1.82, 2.24) is 30.3 Å². The van der Waals surface area contributed by atoms with E-state index in [1.54, 1.807) is 0 Å². The number of fused-ring (bicyclic) bond motifs is 1. The Kier molecular flexibility index (Phi) is 8.22. The van der Waals surface area contributed by atoms with E-state index < -0.39 is 0 Å². The Bertz CT molecular complexity index is 699. The van der Waals surface area contributed by atoms with Crippen LogP contribution in [0.15, 0.2) is 4.99 Å². The molecule has 7 heteroatoms. The second-order valence-corrected chi connectivity index (χ2v) is 9.70. The first kappa shape index (κ1) is 22.6. The summed E-state index contributed by atoms with van der Waals surface area (Å²) in [6.07, 6.45) is 16.6. The number of hydrogen-bond acceptors (Lipinski definition) is 4. The molecule has 0 unspecified atom stereocenters. The lowest BCUT2D eigenvalue weighted by Crippen LogP contribution is -2.54. The standard InChI is InChI=1S/C24H43N7/c1-2-25-23(26-16-13-22-29-28-21-12-6-3-11-19-31(21)22)27-20-24(14-7-4-8-15-24)30-17-9-5-10-18-30/h2-20H2,1H3,(H2,25,26,27). The van der Waals surface area contributed by atoms with Gasteiger partial charge in [0.2, 0.25) is 0 Å². The maximum Gasteiger partial charge on any atom is 0.191 e. The molecule has 1 saturated carbocycles. The number of nitrogens with zero attached hydrogens (tertiary/aromatic N) is 5. The highest BCUT2D eigenvalue weighted by Gasteiger charge is 2.38. The maximum atomic E-state index is 5.12. The number of nitrogens with one attached hydrogen (secondary N) is 2. The van der Waals surface area contributed by atoms with E-state index in [9.17, 15) is 0 Å². The fourth-order valence-electron chi connectivity index (χ4n) is 5.74. The van der Waals surface area contributed by atoms with Crippen molar-refractivity contribution in [2.75, 3.05) is 32.7 Å². The van der Waals surface area contributed by atoms with Gasteiger partial charge in [-0.25, -0.2) is 0 Å². The number of aryl methyl sites for hydroxylation is 1. The third-order valence-corrected chi connectivity index (χ3v) is 7.51. The van der Waals surface area contributed by atoms with Crippen molar-refractivity contribution in [2.24, 2.45) is 4.99 Å². The molecule has 3 aliphatic rings. The van der Waals surface area contributed by atoms with Gasteiger partial charge < -0.3 is 15.2 Å². The molecule has 1 saturated heterocycles. The van der Waals surface area contributed by atoms with E-state index in [-0.39, 0.29) is 5.54 Å². The van der Waals surface area contributed by atoms with Gasteiger partial charge in [0.25, 0.3) is 0 Å². The number of guanidine groups is 1. The van der Waals surface area contributed by atoms with Crippen molar-refractivity contribution in [3.63, 3.8) is 0 Å². The van der Waals surface area contributed by atoms with E-state index in [2.05, 4.69) is 37.2 Å². The second kappa shape index (κ2) is 11.3. The van der Waals surface area contributed by atoms with Gasteiger partial charge in [0.1, 0.15) is 11.6 Å². The highest BCUT2D eigenvalue weighted by molar-refractivity contribution is 5.79. The van der Waals surface area contributed by atoms with E-state index in [4.69, 9.17) is 4.99 Å². The van der Waals surface area contributed by atoms with Crippen LogP contribution >= 0.6 is 0 Å². The minimum Gasteiger partial charge on any atom is -0.357 e. The second-order valence-electron chi connectivity index (χ2n) is 9.70. The summed E-state index contributed by atoms with van der Waals surface area (Å²) >= 11 is 0. The summed E-state index contributed by atoms with van der Waals surface area (Å²) in [7, 11) is 0. The molecule has 174 valence electrons. The molecule has 0 bridgehead atoms. The van der Waals surface area contributed by atoms with E-state index >= 15 is 0 Å². The molecular formula is C24H43N7. The van der Waals surface area contributed by atoms with Gasteiger partial charge in [0.05, 0.1) is 6.54 Å². The van der Waals surface area contributed by atoms with Gasteiger partial charge >= 0.3 is 0 Å². The van der Waals surface area contributed by atoms with Crippen molar-refractivity contribution in [2.45, 2.75) is 102 Å². The topological polar surface area (TPSA) is 70.4 Å². The van der Waals surface area contributed by atoms with Crippen LogP contribution < -0.4 is 10.6 Å². The molecule has 3 heterocycles. The van der Waals surface area contributed by atoms with Crippen molar-refractivity contribution in [3.05, 3.63) is 11.6 Å². The van der Waals surface area contributed by atoms with Crippen LogP contribution in [0.25, 0.3) is 0 Å². The first-order chi connectivity index (χ1) is 15.3. The molecule has 1 aromatic rings. The Morgan fingerprint density at radius 3 is 2.45 bits per heavy atom. The van der Waals surface area contributed by atoms with Crippen molar-refractivity contribution in [3.8, 4) is 0 Å². The molecular weight excluding hydrogens is 386 g/mol.